The molecular formula is C10H20N2O3. The Bertz CT molecular complexity index is 219. The summed E-state index contributed by atoms with van der Waals surface area (Å²) in [7, 11) is 1.74. The summed E-state index contributed by atoms with van der Waals surface area (Å²) in [5.74, 6) is -0.901. The smallest absolute Gasteiger partial charge is 0.304 e. The molecular weight excluding hydrogens is 196 g/mol. The van der Waals surface area contributed by atoms with Gasteiger partial charge in [0.05, 0.1) is 13.0 Å². The number of hydrogen-bond donors (Lipinski definition) is 2. The van der Waals surface area contributed by atoms with Gasteiger partial charge in [0, 0.05) is 12.6 Å². The molecule has 0 saturated carbocycles. The van der Waals surface area contributed by atoms with Crippen LogP contribution in [0.3, 0.4) is 0 Å². The van der Waals surface area contributed by atoms with Crippen LogP contribution in [-0.4, -0.2) is 48.1 Å². The van der Waals surface area contributed by atoms with Gasteiger partial charge in [0.2, 0.25) is 5.91 Å². The van der Waals surface area contributed by atoms with E-state index in [1.807, 2.05) is 13.8 Å². The zero-order valence-electron chi connectivity index (χ0n) is 9.62. The monoisotopic (exact) mass is 216 g/mol. The maximum absolute atomic E-state index is 11.4. The predicted octanol–water partition coefficient (Wildman–Crippen LogP) is 0.308. The molecule has 0 heterocycles. The number of aliphatic carboxylic acids is 1. The van der Waals surface area contributed by atoms with Gasteiger partial charge in [-0.05, 0) is 20.4 Å². The molecule has 0 aliphatic heterocycles. The van der Waals surface area contributed by atoms with Crippen molar-refractivity contribution in [3.8, 4) is 0 Å². The average Bonchev–Trinajstić information content (AvgIpc) is 2.14. The van der Waals surface area contributed by atoms with Crippen molar-refractivity contribution in [2.24, 2.45) is 0 Å². The molecule has 1 atom stereocenters. The van der Waals surface area contributed by atoms with E-state index in [2.05, 4.69) is 5.32 Å². The Balaban J connectivity index is 3.71. The van der Waals surface area contributed by atoms with Crippen molar-refractivity contribution in [1.29, 1.82) is 0 Å². The summed E-state index contributed by atoms with van der Waals surface area (Å²) in [6.07, 6.45) is 0.956. The molecule has 1 amide bonds. The van der Waals surface area contributed by atoms with E-state index >= 15 is 0 Å². The minimum atomic E-state index is -0.843. The Morgan fingerprint density at radius 1 is 1.47 bits per heavy atom. The van der Waals surface area contributed by atoms with Crippen LogP contribution in [0.25, 0.3) is 0 Å². The Morgan fingerprint density at radius 2 is 2.07 bits per heavy atom. The van der Waals surface area contributed by atoms with Crippen molar-refractivity contribution >= 4 is 11.9 Å². The number of nitrogens with one attached hydrogen (secondary N) is 1. The Morgan fingerprint density at radius 3 is 2.53 bits per heavy atom. The Hall–Kier alpha value is -1.10. The number of carboxylic acid groups (broad SMARTS) is 1. The van der Waals surface area contributed by atoms with Crippen molar-refractivity contribution in [3.63, 3.8) is 0 Å². The van der Waals surface area contributed by atoms with Crippen LogP contribution >= 0.6 is 0 Å². The number of rotatable bonds is 7. The lowest BCUT2D eigenvalue weighted by Gasteiger charge is -2.17. The fourth-order valence-corrected chi connectivity index (χ4v) is 1.03. The fraction of sp³-hybridized carbons (Fsp3) is 0.800. The van der Waals surface area contributed by atoms with E-state index in [1.54, 1.807) is 11.9 Å². The molecule has 88 valence electrons. The number of carbonyl (C=O) groups excluding carboxylic acids is 1. The zero-order valence-corrected chi connectivity index (χ0v) is 9.62. The molecule has 0 fully saturated rings. The van der Waals surface area contributed by atoms with E-state index in [0.717, 1.165) is 6.42 Å². The van der Waals surface area contributed by atoms with Gasteiger partial charge in [-0.15, -0.1) is 0 Å². The van der Waals surface area contributed by atoms with E-state index < -0.39 is 5.97 Å². The third kappa shape index (κ3) is 7.93. The second kappa shape index (κ2) is 7.23. The number of nitrogens with zero attached hydrogens (tertiary/aromatic N) is 1. The summed E-state index contributed by atoms with van der Waals surface area (Å²) < 4.78 is 0. The van der Waals surface area contributed by atoms with E-state index in [9.17, 15) is 9.59 Å². The van der Waals surface area contributed by atoms with Gasteiger partial charge in [-0.2, -0.15) is 0 Å². The van der Waals surface area contributed by atoms with Gasteiger partial charge in [0.15, 0.2) is 0 Å². The van der Waals surface area contributed by atoms with E-state index in [-0.39, 0.29) is 24.9 Å². The SMILES string of the molecule is CCC(C)NC(=O)CN(C)CCC(=O)O. The summed E-state index contributed by atoms with van der Waals surface area (Å²) in [4.78, 5) is 23.4. The molecule has 0 aromatic heterocycles. The summed E-state index contributed by atoms with van der Waals surface area (Å²) >= 11 is 0. The van der Waals surface area contributed by atoms with Crippen molar-refractivity contribution in [2.45, 2.75) is 32.7 Å². The van der Waals surface area contributed by atoms with Crippen LogP contribution in [0.1, 0.15) is 26.7 Å². The molecule has 0 aromatic carbocycles. The molecule has 15 heavy (non-hydrogen) atoms. The molecule has 5 heteroatoms. The van der Waals surface area contributed by atoms with Crippen molar-refractivity contribution in [2.75, 3.05) is 20.1 Å². The first-order chi connectivity index (χ1) is 6.95. The molecule has 0 spiro atoms. The van der Waals surface area contributed by atoms with Crippen LogP contribution < -0.4 is 5.32 Å². The van der Waals surface area contributed by atoms with Crippen LogP contribution in [0.5, 0.6) is 0 Å². The quantitative estimate of drug-likeness (QED) is 0.642. The van der Waals surface area contributed by atoms with Crippen LogP contribution in [0.15, 0.2) is 0 Å². The number of amides is 1. The van der Waals surface area contributed by atoms with Crippen molar-refractivity contribution in [1.82, 2.24) is 10.2 Å². The van der Waals surface area contributed by atoms with Gasteiger partial charge in [0.1, 0.15) is 0 Å². The highest BCUT2D eigenvalue weighted by Crippen LogP contribution is 1.90. The number of carbonyl (C=O) groups is 2. The van der Waals surface area contributed by atoms with E-state index in [4.69, 9.17) is 5.11 Å². The lowest BCUT2D eigenvalue weighted by molar-refractivity contribution is -0.137. The van der Waals surface area contributed by atoms with E-state index in [0.29, 0.717) is 6.54 Å². The maximum atomic E-state index is 11.4. The second-order valence-corrected chi connectivity index (χ2v) is 3.76. The average molecular weight is 216 g/mol. The standard InChI is InChI=1S/C10H20N2O3/c1-4-8(2)11-9(13)7-12(3)6-5-10(14)15/h8H,4-7H2,1-3H3,(H,11,13)(H,14,15). The van der Waals surface area contributed by atoms with Gasteiger partial charge in [-0.25, -0.2) is 0 Å². The van der Waals surface area contributed by atoms with Gasteiger partial charge >= 0.3 is 5.97 Å². The van der Waals surface area contributed by atoms with E-state index in [1.165, 1.54) is 0 Å². The Kier molecular flexibility index (Phi) is 6.70. The maximum Gasteiger partial charge on any atom is 0.304 e. The number of hydrogen-bond acceptors (Lipinski definition) is 3. The van der Waals surface area contributed by atoms with Crippen LogP contribution in [0.2, 0.25) is 0 Å². The second-order valence-electron chi connectivity index (χ2n) is 3.76. The molecule has 1 unspecified atom stereocenters. The molecule has 0 bridgehead atoms. The van der Waals surface area contributed by atoms with Crippen LogP contribution in [0.4, 0.5) is 0 Å². The molecule has 2 N–H and O–H groups in total. The number of carboxylic acids is 1. The topological polar surface area (TPSA) is 69.6 Å². The van der Waals surface area contributed by atoms with Crippen molar-refractivity contribution < 1.29 is 14.7 Å². The Labute approximate surface area is 90.5 Å². The third-order valence-electron chi connectivity index (χ3n) is 2.14. The molecule has 0 aliphatic carbocycles. The summed E-state index contributed by atoms with van der Waals surface area (Å²) in [5.41, 5.74) is 0. The highest BCUT2D eigenvalue weighted by atomic mass is 16.4. The highest BCUT2D eigenvalue weighted by molar-refractivity contribution is 5.78. The normalized spacial score (nSPS) is 12.5. The summed E-state index contributed by atoms with van der Waals surface area (Å²) in [6, 6.07) is 0.172. The lowest BCUT2D eigenvalue weighted by Crippen LogP contribution is -2.40. The van der Waals surface area contributed by atoms with Gasteiger partial charge in [-0.1, -0.05) is 6.92 Å². The first-order valence-corrected chi connectivity index (χ1v) is 5.15. The van der Waals surface area contributed by atoms with Crippen LogP contribution in [0, 0.1) is 0 Å². The van der Waals surface area contributed by atoms with Crippen molar-refractivity contribution in [3.05, 3.63) is 0 Å². The van der Waals surface area contributed by atoms with Gasteiger partial charge < -0.3 is 10.4 Å². The molecule has 0 aromatic rings. The summed E-state index contributed by atoms with van der Waals surface area (Å²) in [6.45, 7) is 4.58. The molecule has 5 nitrogen and oxygen atoms in total. The molecule has 0 aliphatic rings. The molecule has 0 rings (SSSR count). The highest BCUT2D eigenvalue weighted by Gasteiger charge is 2.09. The predicted molar refractivity (Wildman–Crippen MR) is 57.6 cm³/mol. The van der Waals surface area contributed by atoms with Gasteiger partial charge in [-0.3, -0.25) is 14.5 Å². The number of likely N-dealkylation sites (N-methyl/N-ethyl adjacent to an activating group) is 1. The molecule has 0 saturated heterocycles. The molecule has 0 radical (unpaired) electrons. The third-order valence-corrected chi connectivity index (χ3v) is 2.14. The largest absolute Gasteiger partial charge is 0.481 e. The zero-order chi connectivity index (χ0) is 11.8. The lowest BCUT2D eigenvalue weighted by atomic mass is 10.2. The minimum Gasteiger partial charge on any atom is -0.481 e. The fourth-order valence-electron chi connectivity index (χ4n) is 1.03. The van der Waals surface area contributed by atoms with Crippen LogP contribution in [-0.2, 0) is 9.59 Å². The first kappa shape index (κ1) is 13.9. The van der Waals surface area contributed by atoms with Gasteiger partial charge in [0.25, 0.3) is 0 Å². The minimum absolute atomic E-state index is 0.0581. The first-order valence-electron chi connectivity index (χ1n) is 5.15. The summed E-state index contributed by atoms with van der Waals surface area (Å²) in [5, 5.41) is 11.3.